The molecule has 4 nitrogen and oxygen atoms in total. The van der Waals surface area contributed by atoms with Gasteiger partial charge in [-0.1, -0.05) is 25.8 Å². The van der Waals surface area contributed by atoms with Crippen LogP contribution < -0.4 is 5.32 Å². The molecule has 126 valence electrons. The van der Waals surface area contributed by atoms with Crippen LogP contribution in [0.25, 0.3) is 0 Å². The monoisotopic (exact) mass is 325 g/mol. The first kappa shape index (κ1) is 19.0. The Bertz CT molecular complexity index is 418. The minimum atomic E-state index is 0.0505. The summed E-state index contributed by atoms with van der Waals surface area (Å²) in [5, 5.41) is 5.19. The van der Waals surface area contributed by atoms with Crippen LogP contribution >= 0.6 is 11.3 Å². The van der Waals surface area contributed by atoms with Crippen molar-refractivity contribution in [3.05, 3.63) is 22.4 Å². The molecule has 1 aromatic heterocycles. The molecular formula is C17H31N3OS. The second kappa shape index (κ2) is 9.85. The van der Waals surface area contributed by atoms with E-state index in [1.165, 1.54) is 17.7 Å². The number of nitrogens with one attached hydrogen (secondary N) is 1. The molecule has 0 bridgehead atoms. The first-order chi connectivity index (χ1) is 10.5. The van der Waals surface area contributed by atoms with Crippen LogP contribution in [0.5, 0.6) is 0 Å². The number of nitrogens with zero attached hydrogens (tertiary/aromatic N) is 2. The molecule has 0 aromatic carbocycles. The molecule has 0 aliphatic heterocycles. The Labute approximate surface area is 139 Å². The zero-order valence-electron chi connectivity index (χ0n) is 14.6. The number of amides is 2. The van der Waals surface area contributed by atoms with Gasteiger partial charge in [0.25, 0.3) is 0 Å². The van der Waals surface area contributed by atoms with E-state index in [-0.39, 0.29) is 18.1 Å². The summed E-state index contributed by atoms with van der Waals surface area (Å²) in [5.74, 6) is 0. The van der Waals surface area contributed by atoms with Gasteiger partial charge in [-0.2, -0.15) is 0 Å². The minimum Gasteiger partial charge on any atom is -0.336 e. The molecule has 1 rings (SSSR count). The van der Waals surface area contributed by atoms with Crippen molar-refractivity contribution in [2.75, 3.05) is 27.2 Å². The zero-order chi connectivity index (χ0) is 16.5. The lowest BCUT2D eigenvalue weighted by Crippen LogP contribution is -2.46. The first-order valence-corrected chi connectivity index (χ1v) is 9.09. The summed E-state index contributed by atoms with van der Waals surface area (Å²) in [4.78, 5) is 17.9. The third-order valence-electron chi connectivity index (χ3n) is 3.83. The van der Waals surface area contributed by atoms with E-state index in [2.05, 4.69) is 62.6 Å². The second-order valence-electron chi connectivity index (χ2n) is 6.18. The van der Waals surface area contributed by atoms with Crippen LogP contribution in [-0.4, -0.2) is 49.1 Å². The third-order valence-corrected chi connectivity index (χ3v) is 4.80. The van der Waals surface area contributed by atoms with Crippen molar-refractivity contribution in [2.24, 2.45) is 0 Å². The number of urea groups is 1. The van der Waals surface area contributed by atoms with E-state index in [9.17, 15) is 4.79 Å². The molecule has 1 heterocycles. The molecule has 22 heavy (non-hydrogen) atoms. The van der Waals surface area contributed by atoms with E-state index in [0.717, 1.165) is 13.0 Å². The van der Waals surface area contributed by atoms with Crippen molar-refractivity contribution >= 4 is 17.4 Å². The summed E-state index contributed by atoms with van der Waals surface area (Å²) < 4.78 is 0. The molecule has 0 unspecified atom stereocenters. The van der Waals surface area contributed by atoms with Crippen molar-refractivity contribution in [3.8, 4) is 0 Å². The maximum atomic E-state index is 12.5. The number of likely N-dealkylation sites (N-methyl/N-ethyl adjacent to an activating group) is 1. The highest BCUT2D eigenvalue weighted by Crippen LogP contribution is 2.22. The van der Waals surface area contributed by atoms with Gasteiger partial charge in [0.15, 0.2) is 0 Å². The quantitative estimate of drug-likeness (QED) is 0.698. The van der Waals surface area contributed by atoms with Gasteiger partial charge in [-0.05, 0) is 45.8 Å². The van der Waals surface area contributed by atoms with Crippen LogP contribution in [0.15, 0.2) is 17.5 Å². The number of hydrogen-bond acceptors (Lipinski definition) is 3. The molecule has 2 amide bonds. The van der Waals surface area contributed by atoms with Gasteiger partial charge in [0.2, 0.25) is 0 Å². The Morgan fingerprint density at radius 2 is 2.05 bits per heavy atom. The minimum absolute atomic E-state index is 0.0505. The number of unbranched alkanes of at least 4 members (excludes halogenated alkanes) is 2. The van der Waals surface area contributed by atoms with Gasteiger partial charge in [0.1, 0.15) is 0 Å². The lowest BCUT2D eigenvalue weighted by molar-refractivity contribution is 0.177. The fraction of sp³-hybridized carbons (Fsp3) is 0.706. The highest BCUT2D eigenvalue weighted by Gasteiger charge is 2.20. The molecule has 1 atom stereocenters. The van der Waals surface area contributed by atoms with E-state index < -0.39 is 0 Å². The van der Waals surface area contributed by atoms with Gasteiger partial charge in [-0.25, -0.2) is 4.79 Å². The number of rotatable bonds is 9. The maximum absolute atomic E-state index is 12.5. The van der Waals surface area contributed by atoms with Crippen LogP contribution in [-0.2, 0) is 0 Å². The molecule has 0 saturated heterocycles. The lowest BCUT2D eigenvalue weighted by Gasteiger charge is -2.29. The van der Waals surface area contributed by atoms with Gasteiger partial charge in [0, 0.05) is 24.0 Å². The lowest BCUT2D eigenvalue weighted by atomic mass is 10.2. The summed E-state index contributed by atoms with van der Waals surface area (Å²) in [6.45, 7) is 7.82. The van der Waals surface area contributed by atoms with Crippen molar-refractivity contribution < 1.29 is 4.79 Å². The van der Waals surface area contributed by atoms with Crippen molar-refractivity contribution in [1.29, 1.82) is 0 Å². The van der Waals surface area contributed by atoms with E-state index in [1.54, 1.807) is 11.3 Å². The fourth-order valence-electron chi connectivity index (χ4n) is 2.43. The normalized spacial score (nSPS) is 12.7. The Morgan fingerprint density at radius 1 is 1.32 bits per heavy atom. The summed E-state index contributed by atoms with van der Waals surface area (Å²) in [7, 11) is 4.11. The summed E-state index contributed by atoms with van der Waals surface area (Å²) >= 11 is 1.74. The molecule has 0 fully saturated rings. The maximum Gasteiger partial charge on any atom is 0.317 e. The molecular weight excluding hydrogens is 294 g/mol. The van der Waals surface area contributed by atoms with Crippen LogP contribution in [0.4, 0.5) is 4.79 Å². The summed E-state index contributed by atoms with van der Waals surface area (Å²) in [6.07, 6.45) is 3.42. The van der Waals surface area contributed by atoms with Crippen LogP contribution in [0.2, 0.25) is 0 Å². The smallest absolute Gasteiger partial charge is 0.317 e. The standard InChI is InChI=1S/C17H31N3OS/c1-6-7-8-11-20(14(2)3)17(21)18-13-15(19(4)5)16-10-9-12-22-16/h9-10,12,14-15H,6-8,11,13H2,1-5H3,(H,18,21)/t15-/m0/s1. The molecule has 0 aliphatic rings. The number of carbonyl (C=O) groups excluding carboxylic acids is 1. The van der Waals surface area contributed by atoms with Crippen LogP contribution in [0, 0.1) is 0 Å². The fourth-order valence-corrected chi connectivity index (χ4v) is 3.35. The van der Waals surface area contributed by atoms with Gasteiger partial charge in [-0.15, -0.1) is 11.3 Å². The predicted octanol–water partition coefficient (Wildman–Crippen LogP) is 3.96. The Hall–Kier alpha value is -1.07. The predicted molar refractivity (Wildman–Crippen MR) is 95.5 cm³/mol. The van der Waals surface area contributed by atoms with Crippen molar-refractivity contribution in [1.82, 2.24) is 15.1 Å². The molecule has 1 aromatic rings. The molecule has 5 heteroatoms. The number of thiophene rings is 1. The first-order valence-electron chi connectivity index (χ1n) is 8.21. The van der Waals surface area contributed by atoms with Gasteiger partial charge < -0.3 is 15.1 Å². The average molecular weight is 326 g/mol. The van der Waals surface area contributed by atoms with E-state index >= 15 is 0 Å². The van der Waals surface area contributed by atoms with E-state index in [4.69, 9.17) is 0 Å². The average Bonchev–Trinajstić information content (AvgIpc) is 2.96. The summed E-state index contributed by atoms with van der Waals surface area (Å²) in [5.41, 5.74) is 0. The summed E-state index contributed by atoms with van der Waals surface area (Å²) in [6, 6.07) is 4.70. The highest BCUT2D eigenvalue weighted by atomic mass is 32.1. The van der Waals surface area contributed by atoms with Crippen molar-refractivity contribution in [3.63, 3.8) is 0 Å². The molecule has 0 saturated carbocycles. The third kappa shape index (κ3) is 5.97. The zero-order valence-corrected chi connectivity index (χ0v) is 15.4. The van der Waals surface area contributed by atoms with E-state index in [0.29, 0.717) is 6.54 Å². The second-order valence-corrected chi connectivity index (χ2v) is 7.15. The Kier molecular flexibility index (Phi) is 8.49. The number of hydrogen-bond donors (Lipinski definition) is 1. The Balaban J connectivity index is 2.56. The molecule has 0 aliphatic carbocycles. The van der Waals surface area contributed by atoms with Gasteiger partial charge in [0.05, 0.1) is 6.04 Å². The SMILES string of the molecule is CCCCCN(C(=O)NC[C@@H](c1cccs1)N(C)C)C(C)C. The van der Waals surface area contributed by atoms with Crippen molar-refractivity contribution in [2.45, 2.75) is 52.1 Å². The molecule has 0 spiro atoms. The Morgan fingerprint density at radius 3 is 2.55 bits per heavy atom. The largest absolute Gasteiger partial charge is 0.336 e. The van der Waals surface area contributed by atoms with Gasteiger partial charge >= 0.3 is 6.03 Å². The van der Waals surface area contributed by atoms with Gasteiger partial charge in [-0.3, -0.25) is 0 Å². The molecule has 1 N–H and O–H groups in total. The van der Waals surface area contributed by atoms with Crippen LogP contribution in [0.1, 0.15) is 51.0 Å². The molecule has 0 radical (unpaired) electrons. The topological polar surface area (TPSA) is 35.6 Å². The highest BCUT2D eigenvalue weighted by molar-refractivity contribution is 7.10. The van der Waals surface area contributed by atoms with Crippen LogP contribution in [0.3, 0.4) is 0 Å². The van der Waals surface area contributed by atoms with E-state index in [1.807, 2.05) is 4.90 Å². The number of carbonyl (C=O) groups is 1.